The van der Waals surface area contributed by atoms with Gasteiger partial charge in [0.2, 0.25) is 0 Å². The molecule has 0 fully saturated rings. The molecule has 0 bridgehead atoms. The molecule has 5 nitrogen and oxygen atoms in total. The minimum Gasteiger partial charge on any atom is -0.337 e. The highest BCUT2D eigenvalue weighted by molar-refractivity contribution is 4.99. The average Bonchev–Trinajstić information content (AvgIpc) is 2.85. The van der Waals surface area contributed by atoms with Gasteiger partial charge in [0.25, 0.3) is 0 Å². The maximum Gasteiger partial charge on any atom is 0.122 e. The molecular weight excluding hydrogens is 214 g/mol. The molecule has 0 aliphatic heterocycles. The van der Waals surface area contributed by atoms with E-state index in [1.807, 2.05) is 34.9 Å². The summed E-state index contributed by atoms with van der Waals surface area (Å²) in [6.45, 7) is 5.86. The first-order chi connectivity index (χ1) is 8.15. The highest BCUT2D eigenvalue weighted by Crippen LogP contribution is 1.98. The highest BCUT2D eigenvalue weighted by Gasteiger charge is 2.05. The molecule has 0 saturated carbocycles. The zero-order valence-corrected chi connectivity index (χ0v) is 10.6. The Morgan fingerprint density at radius 3 is 2.88 bits per heavy atom. The van der Waals surface area contributed by atoms with Crippen LogP contribution >= 0.6 is 0 Å². The molecule has 0 aliphatic carbocycles. The fourth-order valence-electron chi connectivity index (χ4n) is 1.74. The first-order valence-corrected chi connectivity index (χ1v) is 5.84. The van der Waals surface area contributed by atoms with Gasteiger partial charge < -0.3 is 9.88 Å². The molecule has 0 radical (unpaired) electrons. The Morgan fingerprint density at radius 1 is 1.47 bits per heavy atom. The second-order valence-corrected chi connectivity index (χ2v) is 4.48. The summed E-state index contributed by atoms with van der Waals surface area (Å²) in [4.78, 5) is 4.28. The monoisotopic (exact) mass is 233 g/mol. The van der Waals surface area contributed by atoms with Crippen LogP contribution in [0.3, 0.4) is 0 Å². The van der Waals surface area contributed by atoms with E-state index in [0.29, 0.717) is 6.04 Å². The lowest BCUT2D eigenvalue weighted by Crippen LogP contribution is -2.31. The summed E-state index contributed by atoms with van der Waals surface area (Å²) in [5.74, 6) is 1.05. The third-order valence-electron chi connectivity index (χ3n) is 2.75. The van der Waals surface area contributed by atoms with Crippen molar-refractivity contribution in [1.29, 1.82) is 0 Å². The van der Waals surface area contributed by atoms with Gasteiger partial charge in [-0.05, 0) is 19.4 Å². The van der Waals surface area contributed by atoms with E-state index in [1.54, 1.807) is 0 Å². The third-order valence-corrected chi connectivity index (χ3v) is 2.75. The first-order valence-electron chi connectivity index (χ1n) is 5.84. The van der Waals surface area contributed by atoms with E-state index in [2.05, 4.69) is 35.4 Å². The lowest BCUT2D eigenvalue weighted by Gasteiger charge is -2.13. The van der Waals surface area contributed by atoms with Gasteiger partial charge in [0.15, 0.2) is 0 Å². The molecular formula is C12H19N5. The fraction of sp³-hybridized carbons (Fsp3) is 0.500. The lowest BCUT2D eigenvalue weighted by molar-refractivity contribution is 0.442. The van der Waals surface area contributed by atoms with Gasteiger partial charge in [-0.25, -0.2) is 4.98 Å². The first kappa shape index (κ1) is 11.9. The fourth-order valence-corrected chi connectivity index (χ4v) is 1.74. The van der Waals surface area contributed by atoms with Gasteiger partial charge >= 0.3 is 0 Å². The molecule has 0 unspecified atom stereocenters. The van der Waals surface area contributed by atoms with Crippen molar-refractivity contribution >= 4 is 0 Å². The van der Waals surface area contributed by atoms with Crippen LogP contribution in [0.15, 0.2) is 24.8 Å². The maximum absolute atomic E-state index is 4.28. The normalized spacial score (nSPS) is 12.9. The summed E-state index contributed by atoms with van der Waals surface area (Å²) in [5, 5.41) is 7.71. The van der Waals surface area contributed by atoms with Crippen LogP contribution in [0.4, 0.5) is 0 Å². The number of aromatic nitrogens is 4. The maximum atomic E-state index is 4.28. The Hall–Kier alpha value is -1.62. The van der Waals surface area contributed by atoms with E-state index in [1.165, 1.54) is 5.56 Å². The highest BCUT2D eigenvalue weighted by atomic mass is 15.3. The lowest BCUT2D eigenvalue weighted by atomic mass is 10.3. The summed E-state index contributed by atoms with van der Waals surface area (Å²) in [7, 11) is 2.01. The molecule has 5 heteroatoms. The number of imidazole rings is 1. The van der Waals surface area contributed by atoms with E-state index in [0.717, 1.165) is 18.9 Å². The Bertz CT molecular complexity index is 471. The number of aryl methyl sites for hydroxylation is 2. The summed E-state index contributed by atoms with van der Waals surface area (Å²) >= 11 is 0. The second-order valence-electron chi connectivity index (χ2n) is 4.48. The van der Waals surface area contributed by atoms with Crippen LogP contribution < -0.4 is 5.32 Å². The second kappa shape index (κ2) is 5.14. The number of hydrogen-bond acceptors (Lipinski definition) is 3. The van der Waals surface area contributed by atoms with Crippen LogP contribution in [0.2, 0.25) is 0 Å². The number of rotatable bonds is 5. The molecule has 1 atom stereocenters. The molecule has 1 N–H and O–H groups in total. The topological polar surface area (TPSA) is 47.7 Å². The predicted octanol–water partition coefficient (Wildman–Crippen LogP) is 1.10. The summed E-state index contributed by atoms with van der Waals surface area (Å²) < 4.78 is 3.99. The van der Waals surface area contributed by atoms with Crippen molar-refractivity contribution in [3.05, 3.63) is 36.2 Å². The number of nitrogens with zero attached hydrogens (tertiary/aromatic N) is 4. The van der Waals surface area contributed by atoms with E-state index in [9.17, 15) is 0 Å². The smallest absolute Gasteiger partial charge is 0.122 e. The molecule has 0 spiro atoms. The quantitative estimate of drug-likeness (QED) is 0.841. The summed E-state index contributed by atoms with van der Waals surface area (Å²) in [5.41, 5.74) is 1.20. The van der Waals surface area contributed by atoms with Crippen molar-refractivity contribution < 1.29 is 0 Å². The molecule has 0 amide bonds. The molecule has 2 aromatic rings. The number of hydrogen-bond donors (Lipinski definition) is 1. The van der Waals surface area contributed by atoms with Crippen molar-refractivity contribution in [2.75, 3.05) is 0 Å². The van der Waals surface area contributed by atoms with Crippen LogP contribution in [-0.4, -0.2) is 25.4 Å². The molecule has 17 heavy (non-hydrogen) atoms. The summed E-state index contributed by atoms with van der Waals surface area (Å²) in [6, 6.07) is 0.367. The summed E-state index contributed by atoms with van der Waals surface area (Å²) in [6.07, 6.45) is 7.71. The van der Waals surface area contributed by atoms with Crippen LogP contribution in [0.25, 0.3) is 0 Å². The van der Waals surface area contributed by atoms with Crippen molar-refractivity contribution in [2.45, 2.75) is 33.0 Å². The SMILES string of the molecule is Cc1cnn(C[C@H](C)NCc2nccn2C)c1. The molecule has 92 valence electrons. The standard InChI is InChI=1S/C12H19N5/c1-10-6-15-17(8-10)9-11(2)14-7-12-13-4-5-16(12)3/h4-6,8,11,14H,7,9H2,1-3H3/t11-/m0/s1. The average molecular weight is 233 g/mol. The Labute approximate surface area is 101 Å². The van der Waals surface area contributed by atoms with Gasteiger partial charge in [0.05, 0.1) is 19.3 Å². The molecule has 2 aromatic heterocycles. The molecule has 2 rings (SSSR count). The van der Waals surface area contributed by atoms with Crippen molar-refractivity contribution in [3.8, 4) is 0 Å². The zero-order chi connectivity index (χ0) is 12.3. The largest absolute Gasteiger partial charge is 0.337 e. The Balaban J connectivity index is 1.82. The van der Waals surface area contributed by atoms with Gasteiger partial charge in [0, 0.05) is 31.7 Å². The minimum atomic E-state index is 0.367. The zero-order valence-electron chi connectivity index (χ0n) is 10.6. The van der Waals surface area contributed by atoms with Gasteiger partial charge in [-0.1, -0.05) is 0 Å². The number of nitrogens with one attached hydrogen (secondary N) is 1. The van der Waals surface area contributed by atoms with Crippen LogP contribution in [0.1, 0.15) is 18.3 Å². The Morgan fingerprint density at radius 2 is 2.29 bits per heavy atom. The molecule has 2 heterocycles. The third kappa shape index (κ3) is 3.17. The van der Waals surface area contributed by atoms with Gasteiger partial charge in [-0.15, -0.1) is 0 Å². The van der Waals surface area contributed by atoms with E-state index in [4.69, 9.17) is 0 Å². The van der Waals surface area contributed by atoms with Crippen molar-refractivity contribution in [2.24, 2.45) is 7.05 Å². The van der Waals surface area contributed by atoms with Gasteiger partial charge in [-0.2, -0.15) is 5.10 Å². The predicted molar refractivity (Wildman–Crippen MR) is 66.5 cm³/mol. The van der Waals surface area contributed by atoms with Crippen molar-refractivity contribution in [1.82, 2.24) is 24.6 Å². The minimum absolute atomic E-state index is 0.367. The van der Waals surface area contributed by atoms with Gasteiger partial charge in [0.1, 0.15) is 5.82 Å². The van der Waals surface area contributed by atoms with Crippen LogP contribution in [0, 0.1) is 6.92 Å². The Kier molecular flexibility index (Phi) is 3.58. The van der Waals surface area contributed by atoms with E-state index >= 15 is 0 Å². The molecule has 0 aliphatic rings. The molecule has 0 saturated heterocycles. The van der Waals surface area contributed by atoms with E-state index in [-0.39, 0.29) is 0 Å². The van der Waals surface area contributed by atoms with E-state index < -0.39 is 0 Å². The van der Waals surface area contributed by atoms with Crippen LogP contribution in [-0.2, 0) is 20.1 Å². The van der Waals surface area contributed by atoms with Crippen LogP contribution in [0.5, 0.6) is 0 Å². The molecule has 0 aromatic carbocycles. The van der Waals surface area contributed by atoms with Crippen molar-refractivity contribution in [3.63, 3.8) is 0 Å². The van der Waals surface area contributed by atoms with Gasteiger partial charge in [-0.3, -0.25) is 4.68 Å².